The van der Waals surface area contributed by atoms with Gasteiger partial charge in [0, 0.05) is 19.4 Å². The number of carbonyl (C=O) groups is 1. The van der Waals surface area contributed by atoms with Gasteiger partial charge in [-0.15, -0.1) is 11.3 Å². The minimum Gasteiger partial charge on any atom is -0.465 e. The third kappa shape index (κ3) is 2.77. The van der Waals surface area contributed by atoms with Crippen LogP contribution in [0.15, 0.2) is 27.1 Å². The molecule has 0 unspecified atom stereocenters. The second-order valence-corrected chi connectivity index (χ2v) is 6.91. The first-order valence-corrected chi connectivity index (χ1v) is 8.34. The second kappa shape index (κ2) is 6.28. The van der Waals surface area contributed by atoms with Crippen LogP contribution in [0.3, 0.4) is 0 Å². The average Bonchev–Trinajstić information content (AvgIpc) is 2.77. The van der Waals surface area contributed by atoms with E-state index in [1.165, 1.54) is 18.4 Å². The minimum absolute atomic E-state index is 0.389. The summed E-state index contributed by atoms with van der Waals surface area (Å²) in [6.07, 6.45) is 0.758. The molecule has 106 valence electrons. The van der Waals surface area contributed by atoms with Crippen LogP contribution >= 0.6 is 43.2 Å². The first-order chi connectivity index (χ1) is 9.49. The number of hydrogen-bond donors (Lipinski definition) is 1. The summed E-state index contributed by atoms with van der Waals surface area (Å²) in [5.74, 6) is -0.389. The van der Waals surface area contributed by atoms with Crippen LogP contribution < -0.4 is 5.73 Å². The van der Waals surface area contributed by atoms with Gasteiger partial charge in [-0.05, 0) is 30.2 Å². The number of rotatable bonds is 3. The van der Waals surface area contributed by atoms with Crippen molar-refractivity contribution in [1.82, 2.24) is 0 Å². The highest BCUT2D eigenvalue weighted by Crippen LogP contribution is 2.42. The molecule has 0 aliphatic carbocycles. The van der Waals surface area contributed by atoms with Crippen LogP contribution in [-0.2, 0) is 11.2 Å². The molecule has 0 atom stereocenters. The maximum atomic E-state index is 11.8. The highest BCUT2D eigenvalue weighted by atomic mass is 79.9. The van der Waals surface area contributed by atoms with Crippen LogP contribution in [0.25, 0.3) is 10.4 Å². The SMILES string of the molecule is CCc1c(-c2cc(Br)ccc2Br)sc(C(=O)OC)c1N. The van der Waals surface area contributed by atoms with Crippen molar-refractivity contribution in [2.24, 2.45) is 0 Å². The predicted octanol–water partition coefficient (Wildman–Crippen LogP) is 4.87. The highest BCUT2D eigenvalue weighted by molar-refractivity contribution is 9.11. The zero-order valence-corrected chi connectivity index (χ0v) is 15.0. The molecule has 0 radical (unpaired) electrons. The highest BCUT2D eigenvalue weighted by Gasteiger charge is 2.22. The number of esters is 1. The van der Waals surface area contributed by atoms with E-state index in [1.807, 2.05) is 25.1 Å². The van der Waals surface area contributed by atoms with Gasteiger partial charge in [-0.3, -0.25) is 0 Å². The number of hydrogen-bond acceptors (Lipinski definition) is 4. The van der Waals surface area contributed by atoms with Gasteiger partial charge in [-0.25, -0.2) is 4.79 Å². The minimum atomic E-state index is -0.389. The molecular weight excluding hydrogens is 406 g/mol. The van der Waals surface area contributed by atoms with Crippen LogP contribution in [-0.4, -0.2) is 13.1 Å². The van der Waals surface area contributed by atoms with Crippen molar-refractivity contribution < 1.29 is 9.53 Å². The first kappa shape index (κ1) is 15.5. The molecule has 0 bridgehead atoms. The molecule has 0 amide bonds. The molecule has 1 aromatic carbocycles. The van der Waals surface area contributed by atoms with Crippen LogP contribution in [0.2, 0.25) is 0 Å². The maximum absolute atomic E-state index is 11.8. The number of benzene rings is 1. The van der Waals surface area contributed by atoms with Gasteiger partial charge in [0.05, 0.1) is 12.8 Å². The number of nitrogens with two attached hydrogens (primary N) is 1. The molecule has 1 heterocycles. The Hall–Kier alpha value is -0.850. The van der Waals surface area contributed by atoms with E-state index in [0.29, 0.717) is 10.6 Å². The number of nitrogen functional groups attached to an aromatic ring is 1. The largest absolute Gasteiger partial charge is 0.465 e. The number of halogens is 2. The smallest absolute Gasteiger partial charge is 0.350 e. The van der Waals surface area contributed by atoms with E-state index in [0.717, 1.165) is 31.4 Å². The van der Waals surface area contributed by atoms with Gasteiger partial charge in [0.25, 0.3) is 0 Å². The zero-order valence-electron chi connectivity index (χ0n) is 11.0. The van der Waals surface area contributed by atoms with E-state index >= 15 is 0 Å². The Morgan fingerprint density at radius 3 is 2.70 bits per heavy atom. The number of methoxy groups -OCH3 is 1. The fraction of sp³-hybridized carbons (Fsp3) is 0.214. The Labute approximate surface area is 138 Å². The lowest BCUT2D eigenvalue weighted by molar-refractivity contribution is 0.0607. The first-order valence-electron chi connectivity index (χ1n) is 5.94. The summed E-state index contributed by atoms with van der Waals surface area (Å²) in [5.41, 5.74) is 8.62. The summed E-state index contributed by atoms with van der Waals surface area (Å²) in [6.45, 7) is 2.02. The summed E-state index contributed by atoms with van der Waals surface area (Å²) in [4.78, 5) is 13.2. The van der Waals surface area contributed by atoms with Crippen LogP contribution in [0.1, 0.15) is 22.2 Å². The van der Waals surface area contributed by atoms with Crippen molar-refractivity contribution in [2.45, 2.75) is 13.3 Å². The second-order valence-electron chi connectivity index (χ2n) is 4.12. The standard InChI is InChI=1S/C14H13Br2NO2S/c1-3-8-11(17)13(14(18)19-2)20-12(8)9-6-7(15)4-5-10(9)16/h4-6H,3,17H2,1-2H3. The summed E-state index contributed by atoms with van der Waals surface area (Å²) < 4.78 is 6.73. The average molecular weight is 419 g/mol. The predicted molar refractivity (Wildman–Crippen MR) is 90.3 cm³/mol. The van der Waals surface area contributed by atoms with Crippen molar-refractivity contribution in [1.29, 1.82) is 0 Å². The molecule has 1 aromatic heterocycles. The Kier molecular flexibility index (Phi) is 4.88. The van der Waals surface area contributed by atoms with Crippen molar-refractivity contribution in [2.75, 3.05) is 12.8 Å². The molecule has 0 aliphatic rings. The fourth-order valence-corrected chi connectivity index (χ4v) is 4.16. The monoisotopic (exact) mass is 417 g/mol. The van der Waals surface area contributed by atoms with Crippen molar-refractivity contribution >= 4 is 54.9 Å². The van der Waals surface area contributed by atoms with E-state index in [4.69, 9.17) is 10.5 Å². The lowest BCUT2D eigenvalue weighted by atomic mass is 10.1. The van der Waals surface area contributed by atoms with E-state index in [1.54, 1.807) is 0 Å². The fourth-order valence-electron chi connectivity index (χ4n) is 1.96. The molecule has 3 nitrogen and oxygen atoms in total. The van der Waals surface area contributed by atoms with Gasteiger partial charge in [0.15, 0.2) is 0 Å². The van der Waals surface area contributed by atoms with Gasteiger partial charge in [0.1, 0.15) is 4.88 Å². The molecule has 0 saturated carbocycles. The normalized spacial score (nSPS) is 10.6. The number of thiophene rings is 1. The van der Waals surface area contributed by atoms with Crippen molar-refractivity contribution in [3.05, 3.63) is 37.6 Å². The molecule has 2 aromatic rings. The van der Waals surface area contributed by atoms with Crippen LogP contribution in [0, 0.1) is 0 Å². The molecule has 6 heteroatoms. The third-order valence-corrected chi connectivity index (χ3v) is 5.39. The summed E-state index contributed by atoms with van der Waals surface area (Å²) in [7, 11) is 1.36. The number of anilines is 1. The van der Waals surface area contributed by atoms with Crippen LogP contribution in [0.4, 0.5) is 5.69 Å². The molecule has 2 rings (SSSR count). The summed E-state index contributed by atoms with van der Waals surface area (Å²) >= 11 is 8.39. The third-order valence-electron chi connectivity index (χ3n) is 2.95. The van der Waals surface area contributed by atoms with E-state index in [-0.39, 0.29) is 5.97 Å². The van der Waals surface area contributed by atoms with Gasteiger partial charge in [-0.2, -0.15) is 0 Å². The molecule has 2 N–H and O–H groups in total. The van der Waals surface area contributed by atoms with Crippen LogP contribution in [0.5, 0.6) is 0 Å². The molecule has 0 fully saturated rings. The lowest BCUT2D eigenvalue weighted by Gasteiger charge is -2.06. The molecule has 0 aliphatic heterocycles. The summed E-state index contributed by atoms with van der Waals surface area (Å²) in [5, 5.41) is 0. The van der Waals surface area contributed by atoms with Gasteiger partial charge >= 0.3 is 5.97 Å². The molecule has 0 spiro atoms. The van der Waals surface area contributed by atoms with Gasteiger partial charge in [-0.1, -0.05) is 38.8 Å². The molecular formula is C14H13Br2NO2S. The zero-order chi connectivity index (χ0) is 14.9. The maximum Gasteiger partial charge on any atom is 0.350 e. The van der Waals surface area contributed by atoms with E-state index in [2.05, 4.69) is 31.9 Å². The quantitative estimate of drug-likeness (QED) is 0.723. The van der Waals surface area contributed by atoms with Crippen molar-refractivity contribution in [3.63, 3.8) is 0 Å². The Morgan fingerprint density at radius 1 is 1.40 bits per heavy atom. The lowest BCUT2D eigenvalue weighted by Crippen LogP contribution is -2.02. The Bertz CT molecular complexity index is 667. The molecule has 20 heavy (non-hydrogen) atoms. The Balaban J connectivity index is 2.68. The van der Waals surface area contributed by atoms with Gasteiger partial charge < -0.3 is 10.5 Å². The Morgan fingerprint density at radius 2 is 2.10 bits per heavy atom. The molecule has 0 saturated heterocycles. The van der Waals surface area contributed by atoms with Gasteiger partial charge in [0.2, 0.25) is 0 Å². The topological polar surface area (TPSA) is 52.3 Å². The van der Waals surface area contributed by atoms with E-state index in [9.17, 15) is 4.79 Å². The number of carbonyl (C=O) groups excluding carboxylic acids is 1. The van der Waals surface area contributed by atoms with E-state index < -0.39 is 0 Å². The van der Waals surface area contributed by atoms with Crippen molar-refractivity contribution in [3.8, 4) is 10.4 Å². The summed E-state index contributed by atoms with van der Waals surface area (Å²) in [6, 6.07) is 5.93. The number of ether oxygens (including phenoxy) is 1.